The number of anilines is 1. The van der Waals surface area contributed by atoms with E-state index < -0.39 is 34.7 Å². The molecule has 0 aliphatic heterocycles. The van der Waals surface area contributed by atoms with E-state index in [1.165, 1.54) is 19.1 Å². The summed E-state index contributed by atoms with van der Waals surface area (Å²) in [4.78, 5) is 37.6. The molecule has 0 aliphatic carbocycles. The van der Waals surface area contributed by atoms with E-state index in [4.69, 9.17) is 5.73 Å². The van der Waals surface area contributed by atoms with Gasteiger partial charge in [-0.15, -0.1) is 11.3 Å². The molecule has 0 saturated heterocycles. The highest BCUT2D eigenvalue weighted by atomic mass is 32.1. The smallest absolute Gasteiger partial charge is 0.365 e. The first-order valence-corrected chi connectivity index (χ1v) is 9.71. The maximum absolute atomic E-state index is 13.1. The van der Waals surface area contributed by atoms with E-state index in [0.29, 0.717) is 5.56 Å². The minimum absolute atomic E-state index is 0.0296. The lowest BCUT2D eigenvalue weighted by Gasteiger charge is -2.13. The van der Waals surface area contributed by atoms with Crippen molar-refractivity contribution in [3.63, 3.8) is 0 Å². The first kappa shape index (κ1) is 22.2. The number of carbonyl (C=O) groups is 2. The van der Waals surface area contributed by atoms with Gasteiger partial charge in [-0.25, -0.2) is 4.68 Å². The molecule has 0 aliphatic rings. The van der Waals surface area contributed by atoms with Gasteiger partial charge in [0, 0.05) is 16.6 Å². The number of nitrogens with zero attached hydrogens (tertiary/aromatic N) is 2. The average Bonchev–Trinajstić information content (AvgIpc) is 2.94. The van der Waals surface area contributed by atoms with Crippen LogP contribution in [0.3, 0.4) is 0 Å². The molecule has 11 heteroatoms. The maximum Gasteiger partial charge on any atom is 0.416 e. The number of benzene rings is 1. The lowest BCUT2D eigenvalue weighted by molar-refractivity contribution is -0.137. The molecule has 0 saturated carbocycles. The molecule has 0 fully saturated rings. The molecule has 0 spiro atoms. The zero-order valence-electron chi connectivity index (χ0n) is 16.6. The van der Waals surface area contributed by atoms with Crippen LogP contribution in [-0.4, -0.2) is 21.6 Å². The Morgan fingerprint density at radius 3 is 2.45 bits per heavy atom. The highest BCUT2D eigenvalue weighted by molar-refractivity contribution is 7.16. The van der Waals surface area contributed by atoms with Crippen LogP contribution in [0.1, 0.15) is 42.5 Å². The fraction of sp³-hybridized carbons (Fsp3) is 0.200. The van der Waals surface area contributed by atoms with Crippen molar-refractivity contribution in [1.82, 2.24) is 9.78 Å². The highest BCUT2D eigenvalue weighted by Gasteiger charge is 2.31. The van der Waals surface area contributed by atoms with Gasteiger partial charge in [-0.1, -0.05) is 6.07 Å². The summed E-state index contributed by atoms with van der Waals surface area (Å²) < 4.78 is 40.2. The molecule has 3 rings (SSSR count). The Kier molecular flexibility index (Phi) is 5.72. The van der Waals surface area contributed by atoms with Gasteiger partial charge in [-0.05, 0) is 44.5 Å². The van der Waals surface area contributed by atoms with Crippen molar-refractivity contribution in [3.05, 3.63) is 73.5 Å². The van der Waals surface area contributed by atoms with Crippen molar-refractivity contribution in [3.8, 4) is 5.69 Å². The summed E-state index contributed by atoms with van der Waals surface area (Å²) in [6.07, 6.45) is -4.57. The number of nitrogens with one attached hydrogen (secondary N) is 1. The number of primary amides is 1. The van der Waals surface area contributed by atoms with E-state index in [2.05, 4.69) is 10.4 Å². The Hall–Kier alpha value is -3.47. The highest BCUT2D eigenvalue weighted by Crippen LogP contribution is 2.32. The number of alkyl halides is 3. The molecule has 2 aromatic heterocycles. The number of rotatable bonds is 4. The summed E-state index contributed by atoms with van der Waals surface area (Å²) >= 11 is 1.11. The second-order valence-electron chi connectivity index (χ2n) is 6.76. The number of carbonyl (C=O) groups excluding carboxylic acids is 2. The number of halogens is 3. The second kappa shape index (κ2) is 7.99. The predicted molar refractivity (Wildman–Crippen MR) is 110 cm³/mol. The number of aromatic nitrogens is 2. The predicted octanol–water partition coefficient (Wildman–Crippen LogP) is 3.59. The number of thiophene rings is 1. The van der Waals surface area contributed by atoms with E-state index >= 15 is 0 Å². The van der Waals surface area contributed by atoms with Crippen LogP contribution in [0.25, 0.3) is 5.69 Å². The van der Waals surface area contributed by atoms with Crippen LogP contribution in [0.5, 0.6) is 0 Å². The topological polar surface area (TPSA) is 107 Å². The van der Waals surface area contributed by atoms with Crippen LogP contribution in [0.2, 0.25) is 0 Å². The van der Waals surface area contributed by atoms with Gasteiger partial charge in [0.25, 0.3) is 11.8 Å². The standard InChI is InChI=1S/C20H17F3N4O3S/c1-9-7-14(28)16(18(30)25-19-15(17(24)29)10(2)11(3)31-19)26-27(9)13-6-4-5-12(8-13)20(21,22)23/h4-8H,1-3H3,(H2,24,29)(H,25,30). The molecular weight excluding hydrogens is 433 g/mol. The number of aryl methyl sites for hydroxylation is 2. The average molecular weight is 450 g/mol. The van der Waals surface area contributed by atoms with Crippen LogP contribution in [-0.2, 0) is 6.18 Å². The monoisotopic (exact) mass is 450 g/mol. The number of hydrogen-bond donors (Lipinski definition) is 2. The third kappa shape index (κ3) is 4.36. The largest absolute Gasteiger partial charge is 0.416 e. The summed E-state index contributed by atoms with van der Waals surface area (Å²) in [5.74, 6) is -1.65. The van der Waals surface area contributed by atoms with Crippen molar-refractivity contribution in [2.24, 2.45) is 5.73 Å². The number of nitrogens with two attached hydrogens (primary N) is 1. The van der Waals surface area contributed by atoms with E-state index in [1.807, 2.05) is 0 Å². The lowest BCUT2D eigenvalue weighted by Crippen LogP contribution is -2.27. The first-order chi connectivity index (χ1) is 14.4. The van der Waals surface area contributed by atoms with Gasteiger partial charge in [-0.2, -0.15) is 18.3 Å². The van der Waals surface area contributed by atoms with Crippen molar-refractivity contribution < 1.29 is 22.8 Å². The maximum atomic E-state index is 13.1. The molecule has 1 aromatic carbocycles. The second-order valence-corrected chi connectivity index (χ2v) is 7.99. The van der Waals surface area contributed by atoms with E-state index in [0.717, 1.165) is 39.1 Å². The van der Waals surface area contributed by atoms with Crippen LogP contribution in [0.4, 0.5) is 18.2 Å². The molecule has 0 radical (unpaired) electrons. The van der Waals surface area contributed by atoms with Crippen LogP contribution >= 0.6 is 11.3 Å². The summed E-state index contributed by atoms with van der Waals surface area (Å²) in [6, 6.07) is 5.44. The van der Waals surface area contributed by atoms with Crippen molar-refractivity contribution in [2.75, 3.05) is 5.32 Å². The van der Waals surface area contributed by atoms with Gasteiger partial charge < -0.3 is 11.1 Å². The number of hydrogen-bond acceptors (Lipinski definition) is 5. The van der Waals surface area contributed by atoms with Gasteiger partial charge in [0.05, 0.1) is 16.8 Å². The van der Waals surface area contributed by atoms with Crippen LogP contribution < -0.4 is 16.5 Å². The summed E-state index contributed by atoms with van der Waals surface area (Å²) in [5.41, 5.74) is 4.23. The third-order valence-electron chi connectivity index (χ3n) is 4.60. The van der Waals surface area contributed by atoms with Gasteiger partial charge >= 0.3 is 6.18 Å². The molecule has 0 atom stereocenters. The summed E-state index contributed by atoms with van der Waals surface area (Å²) in [5, 5.41) is 6.61. The van der Waals surface area contributed by atoms with Gasteiger partial charge in [0.2, 0.25) is 5.43 Å². The molecule has 3 aromatic rings. The Morgan fingerprint density at radius 2 is 1.84 bits per heavy atom. The quantitative estimate of drug-likeness (QED) is 0.633. The van der Waals surface area contributed by atoms with Crippen LogP contribution in [0.15, 0.2) is 35.1 Å². The Labute approximate surface area is 178 Å². The minimum atomic E-state index is -4.57. The first-order valence-electron chi connectivity index (χ1n) is 8.90. The SMILES string of the molecule is Cc1sc(NC(=O)c2nn(-c3cccc(C(F)(F)F)c3)c(C)cc2=O)c(C(N)=O)c1C. The van der Waals surface area contributed by atoms with Gasteiger partial charge in [-0.3, -0.25) is 14.4 Å². The molecule has 2 heterocycles. The number of amides is 2. The fourth-order valence-corrected chi connectivity index (χ4v) is 4.01. The Morgan fingerprint density at radius 1 is 1.16 bits per heavy atom. The van der Waals surface area contributed by atoms with Gasteiger partial charge in [0.15, 0.2) is 5.69 Å². The third-order valence-corrected chi connectivity index (χ3v) is 5.72. The zero-order valence-corrected chi connectivity index (χ0v) is 17.4. The summed E-state index contributed by atoms with van der Waals surface area (Å²) in [6.45, 7) is 4.90. The fourth-order valence-electron chi connectivity index (χ4n) is 2.95. The summed E-state index contributed by atoms with van der Waals surface area (Å²) in [7, 11) is 0. The molecule has 0 bridgehead atoms. The van der Waals surface area contributed by atoms with E-state index in [9.17, 15) is 27.6 Å². The molecular formula is C20H17F3N4O3S. The molecule has 2 amide bonds. The Balaban J connectivity index is 2.05. The molecule has 3 N–H and O–H groups in total. The normalized spacial score (nSPS) is 11.4. The van der Waals surface area contributed by atoms with E-state index in [1.54, 1.807) is 13.8 Å². The van der Waals surface area contributed by atoms with Crippen LogP contribution in [0, 0.1) is 20.8 Å². The molecule has 0 unspecified atom stereocenters. The van der Waals surface area contributed by atoms with Gasteiger partial charge in [0.1, 0.15) is 5.00 Å². The lowest BCUT2D eigenvalue weighted by atomic mass is 10.1. The molecule has 31 heavy (non-hydrogen) atoms. The van der Waals surface area contributed by atoms with Crippen molar-refractivity contribution >= 4 is 28.2 Å². The van der Waals surface area contributed by atoms with Crippen molar-refractivity contribution in [1.29, 1.82) is 0 Å². The van der Waals surface area contributed by atoms with Crippen molar-refractivity contribution in [2.45, 2.75) is 26.9 Å². The molecule has 162 valence electrons. The minimum Gasteiger partial charge on any atom is -0.365 e. The van der Waals surface area contributed by atoms with E-state index in [-0.39, 0.29) is 21.9 Å². The zero-order chi connectivity index (χ0) is 23.1. The molecule has 7 nitrogen and oxygen atoms in total. The Bertz CT molecular complexity index is 1260.